The number of benzene rings is 3. The number of anilines is 1. The zero-order valence-corrected chi connectivity index (χ0v) is 20.4. The normalized spacial score (nSPS) is 10.9. The molecular formula is C29H27N3O5. The molecule has 0 unspecified atom stereocenters. The van der Waals surface area contributed by atoms with Crippen LogP contribution in [-0.4, -0.2) is 23.7 Å². The first-order chi connectivity index (χ1) is 17.8. The number of para-hydroxylation sites is 1. The van der Waals surface area contributed by atoms with E-state index in [2.05, 4.69) is 16.2 Å². The maximum atomic E-state index is 12.3. The molecule has 3 aromatic rings. The van der Waals surface area contributed by atoms with Crippen LogP contribution in [0, 0.1) is 5.92 Å². The molecule has 37 heavy (non-hydrogen) atoms. The predicted molar refractivity (Wildman–Crippen MR) is 142 cm³/mol. The molecule has 0 spiro atoms. The van der Waals surface area contributed by atoms with E-state index < -0.39 is 17.8 Å². The summed E-state index contributed by atoms with van der Waals surface area (Å²) in [4.78, 5) is 48.5. The van der Waals surface area contributed by atoms with Gasteiger partial charge in [-0.1, -0.05) is 62.4 Å². The van der Waals surface area contributed by atoms with Crippen LogP contribution in [0.4, 0.5) is 5.69 Å². The smallest absolute Gasteiger partial charge is 0.336 e. The highest BCUT2D eigenvalue weighted by Crippen LogP contribution is 2.20. The van der Waals surface area contributed by atoms with Crippen molar-refractivity contribution in [1.82, 2.24) is 10.9 Å². The molecule has 0 bridgehead atoms. The lowest BCUT2D eigenvalue weighted by Gasteiger charge is -2.09. The number of rotatable bonds is 8. The van der Waals surface area contributed by atoms with Crippen LogP contribution in [0.1, 0.15) is 35.3 Å². The SMILES string of the molecule is CC(C)C(=O)Nc1ccc(C(=O)NNC(=O)/C=C/c2ccccc2OC(=O)/C=C/c2ccccc2)cc1. The van der Waals surface area contributed by atoms with Crippen molar-refractivity contribution < 1.29 is 23.9 Å². The van der Waals surface area contributed by atoms with Gasteiger partial charge in [0.15, 0.2) is 0 Å². The fourth-order valence-electron chi connectivity index (χ4n) is 2.97. The number of nitrogens with one attached hydrogen (secondary N) is 3. The van der Waals surface area contributed by atoms with Crippen LogP contribution in [0.5, 0.6) is 5.75 Å². The van der Waals surface area contributed by atoms with Crippen LogP contribution in [0.25, 0.3) is 12.2 Å². The highest BCUT2D eigenvalue weighted by Gasteiger charge is 2.10. The second-order valence-corrected chi connectivity index (χ2v) is 8.20. The number of ether oxygens (including phenoxy) is 1. The van der Waals surface area contributed by atoms with Crippen LogP contribution in [0.15, 0.2) is 91.0 Å². The molecule has 3 amide bonds. The third-order valence-corrected chi connectivity index (χ3v) is 4.99. The van der Waals surface area contributed by atoms with Gasteiger partial charge in [-0.25, -0.2) is 4.79 Å². The van der Waals surface area contributed by atoms with Crippen LogP contribution >= 0.6 is 0 Å². The monoisotopic (exact) mass is 497 g/mol. The first kappa shape index (κ1) is 26.6. The van der Waals surface area contributed by atoms with E-state index in [4.69, 9.17) is 4.74 Å². The molecule has 0 saturated carbocycles. The van der Waals surface area contributed by atoms with Crippen molar-refractivity contribution in [1.29, 1.82) is 0 Å². The first-order valence-electron chi connectivity index (χ1n) is 11.5. The van der Waals surface area contributed by atoms with Gasteiger partial charge in [0.25, 0.3) is 11.8 Å². The number of hydrogen-bond acceptors (Lipinski definition) is 5. The Hall–Kier alpha value is -4.98. The summed E-state index contributed by atoms with van der Waals surface area (Å²) in [5.41, 5.74) is 6.85. The number of amides is 3. The fourth-order valence-corrected chi connectivity index (χ4v) is 2.97. The number of hydrazine groups is 1. The lowest BCUT2D eigenvalue weighted by atomic mass is 10.1. The predicted octanol–water partition coefficient (Wildman–Crippen LogP) is 4.37. The average molecular weight is 498 g/mol. The highest BCUT2D eigenvalue weighted by atomic mass is 16.5. The first-order valence-corrected chi connectivity index (χ1v) is 11.5. The van der Waals surface area contributed by atoms with Crippen LogP contribution in [-0.2, 0) is 14.4 Å². The molecule has 8 nitrogen and oxygen atoms in total. The standard InChI is InChI=1S/C29H27N3O5/c1-20(2)28(35)30-24-16-13-23(14-17-24)29(36)32-31-26(33)18-15-22-10-6-7-11-25(22)37-27(34)19-12-21-8-4-3-5-9-21/h3-20H,1-2H3,(H,30,35)(H,31,33)(H,32,36)/b18-15+,19-12+. The molecule has 0 aliphatic rings. The largest absolute Gasteiger partial charge is 0.423 e. The van der Waals surface area contributed by atoms with Crippen molar-refractivity contribution in [3.05, 3.63) is 108 Å². The lowest BCUT2D eigenvalue weighted by molar-refractivity contribution is -0.129. The molecule has 0 heterocycles. The summed E-state index contributed by atoms with van der Waals surface area (Å²) in [6.07, 6.45) is 5.64. The summed E-state index contributed by atoms with van der Waals surface area (Å²) in [5.74, 6) is -1.68. The quantitative estimate of drug-likeness (QED) is 0.185. The van der Waals surface area contributed by atoms with E-state index in [1.165, 1.54) is 30.4 Å². The summed E-state index contributed by atoms with van der Waals surface area (Å²) >= 11 is 0. The van der Waals surface area contributed by atoms with Crippen LogP contribution < -0.4 is 20.9 Å². The highest BCUT2D eigenvalue weighted by molar-refractivity contribution is 5.99. The second-order valence-electron chi connectivity index (χ2n) is 8.20. The van der Waals surface area contributed by atoms with Gasteiger partial charge < -0.3 is 10.1 Å². The molecule has 188 valence electrons. The van der Waals surface area contributed by atoms with Gasteiger partial charge in [-0.15, -0.1) is 0 Å². The Morgan fingerprint density at radius 3 is 2.14 bits per heavy atom. The van der Waals surface area contributed by atoms with Crippen molar-refractivity contribution in [2.75, 3.05) is 5.32 Å². The minimum Gasteiger partial charge on any atom is -0.423 e. The Bertz CT molecular complexity index is 1310. The van der Waals surface area contributed by atoms with E-state index in [0.717, 1.165) is 5.56 Å². The molecule has 3 N–H and O–H groups in total. The van der Waals surface area contributed by atoms with E-state index >= 15 is 0 Å². The van der Waals surface area contributed by atoms with Crippen LogP contribution in [0.3, 0.4) is 0 Å². The van der Waals surface area contributed by atoms with E-state index in [1.54, 1.807) is 56.3 Å². The summed E-state index contributed by atoms with van der Waals surface area (Å²) in [6.45, 7) is 3.56. The van der Waals surface area contributed by atoms with Gasteiger partial charge in [-0.3, -0.25) is 25.2 Å². The number of carbonyl (C=O) groups is 4. The van der Waals surface area contributed by atoms with Gasteiger partial charge in [0.05, 0.1) is 0 Å². The number of carbonyl (C=O) groups excluding carboxylic acids is 4. The van der Waals surface area contributed by atoms with Crippen molar-refractivity contribution in [3.63, 3.8) is 0 Å². The fraction of sp³-hybridized carbons (Fsp3) is 0.103. The summed E-state index contributed by atoms with van der Waals surface area (Å²) < 4.78 is 5.40. The zero-order chi connectivity index (χ0) is 26.6. The van der Waals surface area contributed by atoms with Gasteiger partial charge in [0.1, 0.15) is 5.75 Å². The third-order valence-electron chi connectivity index (χ3n) is 4.99. The minimum absolute atomic E-state index is 0.128. The lowest BCUT2D eigenvalue weighted by Crippen LogP contribution is -2.40. The molecule has 0 aliphatic carbocycles. The third kappa shape index (κ3) is 8.63. The van der Waals surface area contributed by atoms with Gasteiger partial charge in [-0.2, -0.15) is 0 Å². The van der Waals surface area contributed by atoms with E-state index in [1.807, 2.05) is 30.3 Å². The zero-order valence-electron chi connectivity index (χ0n) is 20.4. The number of hydrogen-bond donors (Lipinski definition) is 3. The van der Waals surface area contributed by atoms with Gasteiger partial charge in [0, 0.05) is 34.9 Å². The summed E-state index contributed by atoms with van der Waals surface area (Å²) in [5, 5.41) is 2.74. The van der Waals surface area contributed by atoms with Crippen molar-refractivity contribution >= 4 is 41.5 Å². The summed E-state index contributed by atoms with van der Waals surface area (Å²) in [7, 11) is 0. The van der Waals surface area contributed by atoms with E-state index in [0.29, 0.717) is 16.8 Å². The molecule has 8 heteroatoms. The minimum atomic E-state index is -0.584. The van der Waals surface area contributed by atoms with E-state index in [9.17, 15) is 19.2 Å². The molecular weight excluding hydrogens is 470 g/mol. The molecule has 0 saturated heterocycles. The Balaban J connectivity index is 1.53. The Morgan fingerprint density at radius 2 is 1.43 bits per heavy atom. The Kier molecular flexibility index (Phi) is 9.50. The van der Waals surface area contributed by atoms with Crippen molar-refractivity contribution in [2.24, 2.45) is 5.92 Å². The Morgan fingerprint density at radius 1 is 0.757 bits per heavy atom. The molecule has 0 atom stereocenters. The molecule has 0 radical (unpaired) electrons. The molecule has 3 rings (SSSR count). The average Bonchev–Trinajstić information content (AvgIpc) is 2.91. The maximum absolute atomic E-state index is 12.3. The second kappa shape index (κ2) is 13.2. The molecule has 0 fully saturated rings. The number of esters is 1. The molecule has 0 aliphatic heterocycles. The molecule has 0 aromatic heterocycles. The topological polar surface area (TPSA) is 114 Å². The van der Waals surface area contributed by atoms with Crippen molar-refractivity contribution in [2.45, 2.75) is 13.8 Å². The van der Waals surface area contributed by atoms with Gasteiger partial charge in [-0.05, 0) is 48.0 Å². The summed E-state index contributed by atoms with van der Waals surface area (Å²) in [6, 6.07) is 22.3. The van der Waals surface area contributed by atoms with E-state index in [-0.39, 0.29) is 17.6 Å². The van der Waals surface area contributed by atoms with Crippen molar-refractivity contribution in [3.8, 4) is 5.75 Å². The molecule has 3 aromatic carbocycles. The van der Waals surface area contributed by atoms with Crippen LogP contribution in [0.2, 0.25) is 0 Å². The maximum Gasteiger partial charge on any atom is 0.336 e. The Labute approximate surface area is 215 Å². The van der Waals surface area contributed by atoms with Gasteiger partial charge >= 0.3 is 5.97 Å². The van der Waals surface area contributed by atoms with Gasteiger partial charge in [0.2, 0.25) is 5.91 Å².